The number of anilines is 1. The summed E-state index contributed by atoms with van der Waals surface area (Å²) in [5.74, 6) is 1.46. The van der Waals surface area contributed by atoms with E-state index in [0.717, 1.165) is 17.0 Å². The van der Waals surface area contributed by atoms with Gasteiger partial charge in [0.25, 0.3) is 0 Å². The smallest absolute Gasteiger partial charge is 0.237 e. The summed E-state index contributed by atoms with van der Waals surface area (Å²) in [4.78, 5) is 4.14. The number of hydrogen-bond acceptors (Lipinski definition) is 4. The van der Waals surface area contributed by atoms with Crippen molar-refractivity contribution >= 4 is 5.69 Å². The predicted molar refractivity (Wildman–Crippen MR) is 71.1 cm³/mol. The number of aromatic nitrogens is 1. The predicted octanol–water partition coefficient (Wildman–Crippen LogP) is 2.71. The number of methoxy groups -OCH3 is 2. The summed E-state index contributed by atoms with van der Waals surface area (Å²) in [7, 11) is 3.28. The lowest BCUT2D eigenvalue weighted by atomic mass is 10.2. The first kappa shape index (κ1) is 12.2. The fraction of sp³-hybridized carbons (Fsp3) is 0.214. The lowest BCUT2D eigenvalue weighted by molar-refractivity contribution is 0.399. The van der Waals surface area contributed by atoms with E-state index < -0.39 is 0 Å². The van der Waals surface area contributed by atoms with Crippen LogP contribution in [0.4, 0.5) is 5.69 Å². The number of hydrogen-bond donors (Lipinski definition) is 1. The van der Waals surface area contributed by atoms with Gasteiger partial charge in [0.15, 0.2) is 0 Å². The number of benzene rings is 1. The van der Waals surface area contributed by atoms with Crippen LogP contribution in [0.5, 0.6) is 11.6 Å². The van der Waals surface area contributed by atoms with Gasteiger partial charge in [-0.3, -0.25) is 0 Å². The summed E-state index contributed by atoms with van der Waals surface area (Å²) in [6, 6.07) is 11.7. The normalized spacial score (nSPS) is 9.89. The average Bonchev–Trinajstić information content (AvgIpc) is 2.45. The Bertz CT molecular complexity index is 467. The van der Waals surface area contributed by atoms with Crippen molar-refractivity contribution in [2.45, 2.75) is 6.54 Å². The van der Waals surface area contributed by atoms with Crippen LogP contribution in [0.3, 0.4) is 0 Å². The number of pyridine rings is 1. The van der Waals surface area contributed by atoms with Crippen LogP contribution >= 0.6 is 0 Å². The first-order valence-electron chi connectivity index (χ1n) is 5.70. The van der Waals surface area contributed by atoms with E-state index in [1.54, 1.807) is 20.4 Å². The van der Waals surface area contributed by atoms with Crippen LogP contribution in [0.25, 0.3) is 0 Å². The summed E-state index contributed by atoms with van der Waals surface area (Å²) in [5.41, 5.74) is 1.96. The Morgan fingerprint density at radius 2 is 1.89 bits per heavy atom. The number of rotatable bonds is 5. The highest BCUT2D eigenvalue weighted by Crippen LogP contribution is 2.23. The first-order valence-corrected chi connectivity index (χ1v) is 5.70. The maximum Gasteiger partial charge on any atom is 0.237 e. The van der Waals surface area contributed by atoms with Crippen molar-refractivity contribution in [1.29, 1.82) is 0 Å². The second-order valence-corrected chi connectivity index (χ2v) is 3.73. The lowest BCUT2D eigenvalue weighted by Gasteiger charge is -2.12. The van der Waals surface area contributed by atoms with Crippen LogP contribution in [0, 0.1) is 0 Å². The van der Waals surface area contributed by atoms with Gasteiger partial charge in [0.2, 0.25) is 5.88 Å². The molecule has 4 heteroatoms. The zero-order chi connectivity index (χ0) is 12.8. The van der Waals surface area contributed by atoms with Gasteiger partial charge < -0.3 is 14.8 Å². The third-order valence-corrected chi connectivity index (χ3v) is 2.63. The highest BCUT2D eigenvalue weighted by molar-refractivity contribution is 5.52. The van der Waals surface area contributed by atoms with Crippen LogP contribution in [-0.4, -0.2) is 19.2 Å². The molecule has 0 spiro atoms. The molecule has 1 N–H and O–H groups in total. The molecule has 1 aromatic carbocycles. The topological polar surface area (TPSA) is 43.4 Å². The van der Waals surface area contributed by atoms with E-state index in [0.29, 0.717) is 12.4 Å². The molecule has 0 radical (unpaired) electrons. The molecule has 0 amide bonds. The molecule has 0 fully saturated rings. The molecule has 0 saturated carbocycles. The van der Waals surface area contributed by atoms with Crippen molar-refractivity contribution in [3.8, 4) is 11.6 Å². The molecule has 0 aliphatic heterocycles. The third-order valence-electron chi connectivity index (χ3n) is 2.63. The molecule has 0 unspecified atom stereocenters. The minimum Gasteiger partial charge on any atom is -0.496 e. The summed E-state index contributed by atoms with van der Waals surface area (Å²) >= 11 is 0. The molecule has 18 heavy (non-hydrogen) atoms. The quantitative estimate of drug-likeness (QED) is 0.878. The van der Waals surface area contributed by atoms with Gasteiger partial charge in [-0.15, -0.1) is 0 Å². The second kappa shape index (κ2) is 5.91. The fourth-order valence-electron chi connectivity index (χ4n) is 1.73. The first-order chi connectivity index (χ1) is 8.85. The van der Waals surface area contributed by atoms with Gasteiger partial charge in [-0.2, -0.15) is 0 Å². The Morgan fingerprint density at radius 3 is 2.67 bits per heavy atom. The van der Waals surface area contributed by atoms with Crippen molar-refractivity contribution in [2.24, 2.45) is 0 Å². The molecule has 0 aliphatic carbocycles. The minimum absolute atomic E-state index is 0.590. The zero-order valence-electron chi connectivity index (χ0n) is 10.5. The Labute approximate surface area is 107 Å². The van der Waals surface area contributed by atoms with Crippen LogP contribution in [-0.2, 0) is 6.54 Å². The monoisotopic (exact) mass is 244 g/mol. The van der Waals surface area contributed by atoms with Gasteiger partial charge in [-0.05, 0) is 18.2 Å². The summed E-state index contributed by atoms with van der Waals surface area (Å²) < 4.78 is 10.5. The van der Waals surface area contributed by atoms with Crippen molar-refractivity contribution < 1.29 is 9.47 Å². The zero-order valence-corrected chi connectivity index (χ0v) is 10.5. The van der Waals surface area contributed by atoms with Gasteiger partial charge in [0.1, 0.15) is 5.75 Å². The van der Waals surface area contributed by atoms with E-state index in [9.17, 15) is 0 Å². The van der Waals surface area contributed by atoms with Gasteiger partial charge >= 0.3 is 0 Å². The van der Waals surface area contributed by atoms with Crippen LogP contribution in [0.2, 0.25) is 0 Å². The van der Waals surface area contributed by atoms with E-state index in [-0.39, 0.29) is 0 Å². The molecule has 1 heterocycles. The van der Waals surface area contributed by atoms with Gasteiger partial charge in [0, 0.05) is 18.3 Å². The molecular formula is C14H16N2O2. The second-order valence-electron chi connectivity index (χ2n) is 3.73. The van der Waals surface area contributed by atoms with Crippen LogP contribution in [0.15, 0.2) is 42.6 Å². The van der Waals surface area contributed by atoms with Gasteiger partial charge in [-0.25, -0.2) is 4.98 Å². The molecule has 4 nitrogen and oxygen atoms in total. The fourth-order valence-corrected chi connectivity index (χ4v) is 1.73. The molecule has 94 valence electrons. The maximum atomic E-state index is 5.30. The molecule has 2 aromatic rings. The molecule has 2 rings (SSSR count). The molecule has 1 aromatic heterocycles. The van der Waals surface area contributed by atoms with Crippen LogP contribution in [0.1, 0.15) is 5.56 Å². The Balaban J connectivity index is 2.11. The van der Waals surface area contributed by atoms with Crippen molar-refractivity contribution in [2.75, 3.05) is 19.5 Å². The van der Waals surface area contributed by atoms with Crippen molar-refractivity contribution in [3.63, 3.8) is 0 Å². The summed E-state index contributed by atoms with van der Waals surface area (Å²) in [6.45, 7) is 0.659. The Morgan fingerprint density at radius 1 is 1.06 bits per heavy atom. The van der Waals surface area contributed by atoms with Crippen LogP contribution < -0.4 is 14.8 Å². The van der Waals surface area contributed by atoms with Crippen molar-refractivity contribution in [3.05, 3.63) is 48.2 Å². The van der Waals surface area contributed by atoms with E-state index >= 15 is 0 Å². The molecule has 0 atom stereocenters. The molecule has 0 aliphatic rings. The highest BCUT2D eigenvalue weighted by Gasteiger charge is 2.05. The Kier molecular flexibility index (Phi) is 4.02. The number of ether oxygens (including phenoxy) is 2. The highest BCUT2D eigenvalue weighted by atomic mass is 16.5. The lowest BCUT2D eigenvalue weighted by Crippen LogP contribution is -2.03. The summed E-state index contributed by atoms with van der Waals surface area (Å²) in [5, 5.41) is 3.29. The maximum absolute atomic E-state index is 5.30. The standard InChI is InChI=1S/C14H16N2O2/c1-17-13-8-4-3-6-11(13)10-16-12-7-5-9-15-14(12)18-2/h3-9,16H,10H2,1-2H3. The third kappa shape index (κ3) is 2.71. The van der Waals surface area contributed by atoms with Crippen molar-refractivity contribution in [1.82, 2.24) is 4.98 Å². The average molecular weight is 244 g/mol. The summed E-state index contributed by atoms with van der Waals surface area (Å²) in [6.07, 6.45) is 1.70. The van der Waals surface area contributed by atoms with Gasteiger partial charge in [0.05, 0.1) is 19.9 Å². The van der Waals surface area contributed by atoms with E-state index in [1.165, 1.54) is 0 Å². The molecule has 0 bridgehead atoms. The Hall–Kier alpha value is -2.23. The number of nitrogens with one attached hydrogen (secondary N) is 1. The van der Waals surface area contributed by atoms with Gasteiger partial charge in [-0.1, -0.05) is 18.2 Å². The largest absolute Gasteiger partial charge is 0.496 e. The SMILES string of the molecule is COc1ccccc1CNc1cccnc1OC. The van der Waals surface area contributed by atoms with E-state index in [4.69, 9.17) is 9.47 Å². The molecular weight excluding hydrogens is 228 g/mol. The minimum atomic E-state index is 0.590. The van der Waals surface area contributed by atoms with E-state index in [2.05, 4.69) is 10.3 Å². The molecule has 0 saturated heterocycles. The van der Waals surface area contributed by atoms with E-state index in [1.807, 2.05) is 36.4 Å². The number of nitrogens with zero attached hydrogens (tertiary/aromatic N) is 1. The number of para-hydroxylation sites is 1.